The average Bonchev–Trinajstić information content (AvgIpc) is 2.49. The van der Waals surface area contributed by atoms with Crippen molar-refractivity contribution in [3.8, 4) is 0 Å². The molecule has 0 atom stereocenters. The molecule has 114 valence electrons. The largest absolute Gasteiger partial charge is 0.379 e. The van der Waals surface area contributed by atoms with Gasteiger partial charge in [-0.3, -0.25) is 14.9 Å². The molecule has 0 aromatic heterocycles. The minimum atomic E-state index is -0.698. The van der Waals surface area contributed by atoms with Crippen LogP contribution in [-0.4, -0.2) is 17.4 Å². The van der Waals surface area contributed by atoms with Gasteiger partial charge in [-0.15, -0.1) is 0 Å². The minimum Gasteiger partial charge on any atom is -0.379 e. The maximum Gasteiger partial charge on any atom is 0.293 e. The Morgan fingerprint density at radius 2 is 1.91 bits per heavy atom. The molecule has 0 radical (unpaired) electrons. The fraction of sp³-hybridized carbons (Fsp3) is 0.133. The van der Waals surface area contributed by atoms with Crippen molar-refractivity contribution < 1.29 is 9.72 Å². The molecule has 2 rings (SSSR count). The van der Waals surface area contributed by atoms with Gasteiger partial charge in [-0.1, -0.05) is 23.7 Å². The van der Waals surface area contributed by atoms with E-state index in [9.17, 15) is 14.9 Å². The topological polar surface area (TPSA) is 98.3 Å². The number of primary amides is 1. The van der Waals surface area contributed by atoms with Crippen molar-refractivity contribution in [1.29, 1.82) is 0 Å². The number of nitrogens with two attached hydrogens (primary N) is 1. The van der Waals surface area contributed by atoms with Gasteiger partial charge in [0.2, 0.25) is 5.91 Å². The van der Waals surface area contributed by atoms with Crippen LogP contribution >= 0.6 is 11.6 Å². The Labute approximate surface area is 132 Å². The monoisotopic (exact) mass is 319 g/mol. The molecule has 6 nitrogen and oxygen atoms in total. The van der Waals surface area contributed by atoms with Crippen molar-refractivity contribution in [2.24, 2.45) is 5.73 Å². The average molecular weight is 320 g/mol. The lowest BCUT2D eigenvalue weighted by Gasteiger charge is -2.08. The highest BCUT2D eigenvalue weighted by molar-refractivity contribution is 6.30. The Morgan fingerprint density at radius 1 is 1.23 bits per heavy atom. The van der Waals surface area contributed by atoms with E-state index < -0.39 is 10.8 Å². The van der Waals surface area contributed by atoms with Crippen LogP contribution in [0.1, 0.15) is 15.9 Å². The number of nitro groups is 1. The summed E-state index contributed by atoms with van der Waals surface area (Å²) in [5, 5.41) is 14.7. The summed E-state index contributed by atoms with van der Waals surface area (Å²) in [7, 11) is 0. The molecule has 0 saturated carbocycles. The van der Waals surface area contributed by atoms with Gasteiger partial charge in [0.1, 0.15) is 5.69 Å². The molecule has 0 heterocycles. The van der Waals surface area contributed by atoms with Crippen molar-refractivity contribution >= 4 is 28.9 Å². The molecule has 1 amide bonds. The Morgan fingerprint density at radius 3 is 2.50 bits per heavy atom. The van der Waals surface area contributed by atoms with Crippen LogP contribution in [0.5, 0.6) is 0 Å². The maximum atomic E-state index is 11.1. The van der Waals surface area contributed by atoms with Crippen LogP contribution in [0.25, 0.3) is 0 Å². The number of carbonyl (C=O) groups excluding carboxylic acids is 1. The van der Waals surface area contributed by atoms with Crippen LogP contribution in [0.3, 0.4) is 0 Å². The van der Waals surface area contributed by atoms with E-state index in [4.69, 9.17) is 17.3 Å². The lowest BCUT2D eigenvalue weighted by molar-refractivity contribution is -0.384. The van der Waals surface area contributed by atoms with Crippen molar-refractivity contribution in [1.82, 2.24) is 0 Å². The van der Waals surface area contributed by atoms with Gasteiger partial charge in [-0.2, -0.15) is 0 Å². The number of carbonyl (C=O) groups is 1. The summed E-state index contributed by atoms with van der Waals surface area (Å²) in [6.45, 7) is 0.512. The summed E-state index contributed by atoms with van der Waals surface area (Å²) in [6, 6.07) is 11.5. The molecule has 7 heteroatoms. The van der Waals surface area contributed by atoms with Crippen LogP contribution in [0, 0.1) is 10.1 Å². The molecule has 3 N–H and O–H groups in total. The van der Waals surface area contributed by atoms with E-state index >= 15 is 0 Å². The van der Waals surface area contributed by atoms with Crippen LogP contribution in [0.15, 0.2) is 42.5 Å². The number of hydrogen-bond donors (Lipinski definition) is 2. The SMILES string of the molecule is NC(=O)c1ccc(NCCc2ccc(Cl)cc2)c([N+](=O)[O-])c1. The standard InChI is InChI=1S/C15H14ClN3O3/c16-12-4-1-10(2-5-12)7-8-18-13-6-3-11(15(17)20)9-14(13)19(21)22/h1-6,9,18H,7-8H2,(H2,17,20). The fourth-order valence-corrected chi connectivity index (χ4v) is 2.10. The molecular formula is C15H14ClN3O3. The minimum absolute atomic E-state index is 0.106. The summed E-state index contributed by atoms with van der Waals surface area (Å²) in [6.07, 6.45) is 0.686. The van der Waals surface area contributed by atoms with Gasteiger partial charge in [0.25, 0.3) is 5.69 Å². The third-order valence-electron chi connectivity index (χ3n) is 3.12. The van der Waals surface area contributed by atoms with Crippen LogP contribution in [0.2, 0.25) is 5.02 Å². The summed E-state index contributed by atoms with van der Waals surface area (Å²) in [5.74, 6) is -0.698. The summed E-state index contributed by atoms with van der Waals surface area (Å²) < 4.78 is 0. The second-order valence-corrected chi connectivity index (χ2v) is 5.09. The zero-order valence-electron chi connectivity index (χ0n) is 11.6. The van der Waals surface area contributed by atoms with Crippen LogP contribution in [0.4, 0.5) is 11.4 Å². The molecule has 0 aliphatic heterocycles. The molecule has 0 aliphatic rings. The predicted molar refractivity (Wildman–Crippen MR) is 85.3 cm³/mol. The molecule has 0 fully saturated rings. The lowest BCUT2D eigenvalue weighted by atomic mass is 10.1. The van der Waals surface area contributed by atoms with Crippen molar-refractivity contribution in [2.75, 3.05) is 11.9 Å². The second-order valence-electron chi connectivity index (χ2n) is 4.66. The first-order valence-corrected chi connectivity index (χ1v) is 6.92. The molecule has 0 bridgehead atoms. The quantitative estimate of drug-likeness (QED) is 0.631. The van der Waals surface area contributed by atoms with Crippen LogP contribution in [-0.2, 0) is 6.42 Å². The predicted octanol–water partition coefficient (Wildman–Crippen LogP) is 3.00. The summed E-state index contributed by atoms with van der Waals surface area (Å²) in [5.41, 5.74) is 6.48. The Bertz CT molecular complexity index is 702. The number of benzene rings is 2. The Kier molecular flexibility index (Phi) is 4.95. The highest BCUT2D eigenvalue weighted by Crippen LogP contribution is 2.25. The maximum absolute atomic E-state index is 11.1. The van der Waals surface area contributed by atoms with Crippen LogP contribution < -0.4 is 11.1 Å². The van der Waals surface area contributed by atoms with E-state index in [0.717, 1.165) is 5.56 Å². The van der Waals surface area contributed by atoms with Gasteiger partial charge in [-0.05, 0) is 36.2 Å². The number of rotatable bonds is 6. The third kappa shape index (κ3) is 3.95. The normalized spacial score (nSPS) is 10.2. The fourth-order valence-electron chi connectivity index (χ4n) is 1.98. The summed E-state index contributed by atoms with van der Waals surface area (Å²) in [4.78, 5) is 21.6. The van der Waals surface area contributed by atoms with Gasteiger partial charge in [0.05, 0.1) is 4.92 Å². The van der Waals surface area contributed by atoms with Crippen molar-refractivity contribution in [3.05, 3.63) is 68.7 Å². The highest BCUT2D eigenvalue weighted by atomic mass is 35.5. The molecule has 0 saturated heterocycles. The number of nitro benzene ring substituents is 1. The first-order valence-electron chi connectivity index (χ1n) is 6.54. The molecule has 0 unspecified atom stereocenters. The second kappa shape index (κ2) is 6.91. The van der Waals surface area contributed by atoms with Gasteiger partial charge in [0, 0.05) is 23.2 Å². The molecule has 22 heavy (non-hydrogen) atoms. The van der Waals surface area contributed by atoms with E-state index in [1.54, 1.807) is 12.1 Å². The summed E-state index contributed by atoms with van der Waals surface area (Å²) >= 11 is 5.81. The number of amides is 1. The van der Waals surface area contributed by atoms with Crippen molar-refractivity contribution in [3.63, 3.8) is 0 Å². The molecule has 0 spiro atoms. The number of nitrogens with one attached hydrogen (secondary N) is 1. The Balaban J connectivity index is 2.07. The van der Waals surface area contributed by atoms with E-state index in [1.165, 1.54) is 18.2 Å². The Hall–Kier alpha value is -2.60. The number of hydrogen-bond acceptors (Lipinski definition) is 4. The van der Waals surface area contributed by atoms with Gasteiger partial charge >= 0.3 is 0 Å². The number of nitrogens with zero attached hydrogens (tertiary/aromatic N) is 1. The number of anilines is 1. The van der Waals surface area contributed by atoms with E-state index in [2.05, 4.69) is 5.32 Å². The number of halogens is 1. The molecule has 2 aromatic carbocycles. The first kappa shape index (κ1) is 15.8. The molecular weight excluding hydrogens is 306 g/mol. The van der Waals surface area contributed by atoms with Crippen molar-refractivity contribution in [2.45, 2.75) is 6.42 Å². The molecule has 2 aromatic rings. The van der Waals surface area contributed by atoms with Gasteiger partial charge in [0.15, 0.2) is 0 Å². The smallest absolute Gasteiger partial charge is 0.293 e. The van der Waals surface area contributed by atoms with E-state index in [0.29, 0.717) is 23.7 Å². The third-order valence-corrected chi connectivity index (χ3v) is 3.37. The zero-order chi connectivity index (χ0) is 16.1. The van der Waals surface area contributed by atoms with Gasteiger partial charge < -0.3 is 11.1 Å². The zero-order valence-corrected chi connectivity index (χ0v) is 12.3. The lowest BCUT2D eigenvalue weighted by Crippen LogP contribution is -2.12. The van der Waals surface area contributed by atoms with Gasteiger partial charge in [-0.25, -0.2) is 0 Å². The highest BCUT2D eigenvalue weighted by Gasteiger charge is 2.16. The van der Waals surface area contributed by atoms with E-state index in [-0.39, 0.29) is 11.3 Å². The van der Waals surface area contributed by atoms with E-state index in [1.807, 2.05) is 12.1 Å². The first-order chi connectivity index (χ1) is 10.5. The molecule has 0 aliphatic carbocycles.